The molecule has 1 unspecified atom stereocenters. The van der Waals surface area contributed by atoms with Gasteiger partial charge in [-0.1, -0.05) is 28.8 Å². The summed E-state index contributed by atoms with van der Waals surface area (Å²) in [4.78, 5) is 15.4. The van der Waals surface area contributed by atoms with Crippen molar-refractivity contribution >= 4 is 17.4 Å². The highest BCUT2D eigenvalue weighted by atomic mass is 32.1. The summed E-state index contributed by atoms with van der Waals surface area (Å²) in [6.07, 6.45) is 4.35. The number of hydrogen-bond donors (Lipinski definition) is 1. The number of aromatic nitrogens is 2. The van der Waals surface area contributed by atoms with Crippen LogP contribution in [0.5, 0.6) is 0 Å². The van der Waals surface area contributed by atoms with E-state index in [2.05, 4.69) is 51.0 Å². The minimum Gasteiger partial charge on any atom is -0.370 e. The number of aryl methyl sites for hydroxylation is 2. The van der Waals surface area contributed by atoms with E-state index in [4.69, 9.17) is 4.74 Å². The van der Waals surface area contributed by atoms with Crippen LogP contribution in [0.25, 0.3) is 0 Å². The first kappa shape index (κ1) is 19.5. The molecule has 150 valence electrons. The summed E-state index contributed by atoms with van der Waals surface area (Å²) in [5.41, 5.74) is 3.47. The van der Waals surface area contributed by atoms with Crippen molar-refractivity contribution in [1.82, 2.24) is 19.8 Å². The van der Waals surface area contributed by atoms with Gasteiger partial charge in [0, 0.05) is 26.2 Å². The number of carbonyl (C=O) groups is 1. The lowest BCUT2D eigenvalue weighted by atomic mass is 9.88. The number of nitrogens with one attached hydrogen (secondary N) is 1. The Morgan fingerprint density at radius 2 is 2.07 bits per heavy atom. The lowest BCUT2D eigenvalue weighted by Gasteiger charge is -2.39. The molecule has 1 N–H and O–H groups in total. The molecule has 1 aromatic carbocycles. The van der Waals surface area contributed by atoms with Gasteiger partial charge in [-0.15, -0.1) is 5.10 Å². The third-order valence-corrected chi connectivity index (χ3v) is 6.94. The van der Waals surface area contributed by atoms with E-state index in [0.29, 0.717) is 17.1 Å². The molecule has 0 bridgehead atoms. The second-order valence-corrected chi connectivity index (χ2v) is 8.82. The largest absolute Gasteiger partial charge is 0.370 e. The van der Waals surface area contributed by atoms with Gasteiger partial charge in [0.05, 0.1) is 17.4 Å². The van der Waals surface area contributed by atoms with E-state index < -0.39 is 0 Å². The summed E-state index contributed by atoms with van der Waals surface area (Å²) in [7, 11) is 0. The molecular formula is C21H28N4O2S. The lowest BCUT2D eigenvalue weighted by molar-refractivity contribution is -0.0764. The molecule has 2 fully saturated rings. The molecule has 2 aliphatic rings. The van der Waals surface area contributed by atoms with E-state index in [0.717, 1.165) is 56.9 Å². The molecule has 2 saturated heterocycles. The maximum Gasteiger partial charge on any atom is 0.265 e. The molecule has 3 heterocycles. The molecule has 7 heteroatoms. The van der Waals surface area contributed by atoms with Gasteiger partial charge < -0.3 is 10.1 Å². The van der Waals surface area contributed by atoms with Gasteiger partial charge in [-0.2, -0.15) is 0 Å². The predicted molar refractivity (Wildman–Crippen MR) is 110 cm³/mol. The first-order valence-corrected chi connectivity index (χ1v) is 10.8. The van der Waals surface area contributed by atoms with Crippen molar-refractivity contribution in [3.05, 3.63) is 46.0 Å². The molecule has 1 amide bonds. The monoisotopic (exact) mass is 400 g/mol. The molecule has 0 aliphatic carbocycles. The third-order valence-electron chi connectivity index (χ3n) is 6.11. The maximum atomic E-state index is 12.3. The summed E-state index contributed by atoms with van der Waals surface area (Å²) in [5, 5.41) is 6.89. The Balaban J connectivity index is 1.25. The molecule has 1 spiro atoms. The van der Waals surface area contributed by atoms with Crippen LogP contribution in [0.4, 0.5) is 0 Å². The van der Waals surface area contributed by atoms with Crippen molar-refractivity contribution < 1.29 is 9.53 Å². The molecule has 1 atom stereocenters. The number of rotatable bonds is 5. The number of likely N-dealkylation sites (tertiary alicyclic amines) is 1. The summed E-state index contributed by atoms with van der Waals surface area (Å²) in [5.74, 6) is -0.0925. The summed E-state index contributed by atoms with van der Waals surface area (Å²) in [6, 6.07) is 8.63. The van der Waals surface area contributed by atoms with E-state index in [1.807, 2.05) is 6.92 Å². The van der Waals surface area contributed by atoms with Gasteiger partial charge in [-0.3, -0.25) is 9.69 Å². The minimum atomic E-state index is -0.0925. The van der Waals surface area contributed by atoms with Crippen LogP contribution in [0.15, 0.2) is 24.3 Å². The second-order valence-electron chi connectivity index (χ2n) is 8.06. The molecule has 0 radical (unpaired) electrons. The van der Waals surface area contributed by atoms with Gasteiger partial charge in [0.15, 0.2) is 0 Å². The zero-order chi connectivity index (χ0) is 19.6. The lowest BCUT2D eigenvalue weighted by Crippen LogP contribution is -2.45. The minimum absolute atomic E-state index is 0.000410. The summed E-state index contributed by atoms with van der Waals surface area (Å²) >= 11 is 1.14. The highest BCUT2D eigenvalue weighted by Crippen LogP contribution is 2.39. The molecular weight excluding hydrogens is 372 g/mol. The van der Waals surface area contributed by atoms with Crippen molar-refractivity contribution in [3.63, 3.8) is 0 Å². The van der Waals surface area contributed by atoms with Crippen LogP contribution in [-0.4, -0.2) is 51.7 Å². The molecule has 2 aliphatic heterocycles. The van der Waals surface area contributed by atoms with E-state index in [9.17, 15) is 4.79 Å². The van der Waals surface area contributed by atoms with Gasteiger partial charge in [0.25, 0.3) is 5.91 Å². The van der Waals surface area contributed by atoms with Crippen LogP contribution in [0.3, 0.4) is 0 Å². The zero-order valence-corrected chi connectivity index (χ0v) is 17.4. The van der Waals surface area contributed by atoms with E-state index in [1.54, 1.807) is 0 Å². The van der Waals surface area contributed by atoms with E-state index in [1.165, 1.54) is 11.1 Å². The second kappa shape index (κ2) is 8.27. The zero-order valence-electron chi connectivity index (χ0n) is 16.6. The Hall–Kier alpha value is -1.83. The van der Waals surface area contributed by atoms with Gasteiger partial charge in [-0.05, 0) is 62.2 Å². The SMILES string of the molecule is Cc1ccccc1CN1CCC2(CCC(CNC(=O)c3snnc3C)O2)CC1. The number of benzene rings is 1. The summed E-state index contributed by atoms with van der Waals surface area (Å²) in [6.45, 7) is 7.71. The first-order chi connectivity index (χ1) is 13.5. The number of nitrogens with zero attached hydrogens (tertiary/aromatic N) is 3. The molecule has 2 aromatic rings. The Labute approximate surface area is 170 Å². The number of piperidine rings is 1. The number of carbonyl (C=O) groups excluding carboxylic acids is 1. The fourth-order valence-electron chi connectivity index (χ4n) is 4.28. The number of hydrogen-bond acceptors (Lipinski definition) is 6. The molecule has 1 aromatic heterocycles. The van der Waals surface area contributed by atoms with Crippen LogP contribution in [0.1, 0.15) is 52.2 Å². The van der Waals surface area contributed by atoms with Crippen LogP contribution >= 0.6 is 11.5 Å². The van der Waals surface area contributed by atoms with Crippen LogP contribution in [0, 0.1) is 13.8 Å². The van der Waals surface area contributed by atoms with Crippen molar-refractivity contribution in [1.29, 1.82) is 0 Å². The molecule has 28 heavy (non-hydrogen) atoms. The Kier molecular flexibility index (Phi) is 5.75. The van der Waals surface area contributed by atoms with Crippen LogP contribution in [-0.2, 0) is 11.3 Å². The average molecular weight is 401 g/mol. The van der Waals surface area contributed by atoms with Crippen LogP contribution < -0.4 is 5.32 Å². The highest BCUT2D eigenvalue weighted by Gasteiger charge is 2.42. The highest BCUT2D eigenvalue weighted by molar-refractivity contribution is 7.07. The topological polar surface area (TPSA) is 67.4 Å². The normalized spacial score (nSPS) is 21.9. The van der Waals surface area contributed by atoms with Crippen molar-refractivity contribution in [3.8, 4) is 0 Å². The smallest absolute Gasteiger partial charge is 0.265 e. The van der Waals surface area contributed by atoms with Crippen molar-refractivity contribution in [2.75, 3.05) is 19.6 Å². The predicted octanol–water partition coefficient (Wildman–Crippen LogP) is 3.10. The van der Waals surface area contributed by atoms with Gasteiger partial charge in [0.2, 0.25) is 0 Å². The first-order valence-electron chi connectivity index (χ1n) is 10.1. The standard InChI is InChI=1S/C21H28N4O2S/c1-15-5-3-4-6-17(15)14-25-11-9-21(10-12-25)8-7-18(27-21)13-22-20(26)19-16(2)23-24-28-19/h3-6,18H,7-14H2,1-2H3,(H,22,26). The van der Waals surface area contributed by atoms with Gasteiger partial charge >= 0.3 is 0 Å². The molecule has 4 rings (SSSR count). The average Bonchev–Trinajstić information content (AvgIpc) is 3.30. The van der Waals surface area contributed by atoms with Crippen molar-refractivity contribution in [2.45, 2.75) is 57.8 Å². The summed E-state index contributed by atoms with van der Waals surface area (Å²) < 4.78 is 10.3. The van der Waals surface area contributed by atoms with Gasteiger partial charge in [-0.25, -0.2) is 0 Å². The van der Waals surface area contributed by atoms with E-state index in [-0.39, 0.29) is 17.6 Å². The number of ether oxygens (including phenoxy) is 1. The fourth-order valence-corrected chi connectivity index (χ4v) is 4.85. The fraction of sp³-hybridized carbons (Fsp3) is 0.571. The Bertz CT molecular complexity index is 829. The Morgan fingerprint density at radius 3 is 2.79 bits per heavy atom. The molecule has 6 nitrogen and oxygen atoms in total. The van der Waals surface area contributed by atoms with Crippen molar-refractivity contribution in [2.24, 2.45) is 0 Å². The maximum absolute atomic E-state index is 12.3. The Morgan fingerprint density at radius 1 is 1.29 bits per heavy atom. The third kappa shape index (κ3) is 4.26. The van der Waals surface area contributed by atoms with E-state index >= 15 is 0 Å². The van der Waals surface area contributed by atoms with Crippen LogP contribution in [0.2, 0.25) is 0 Å². The number of amides is 1. The molecule has 0 saturated carbocycles. The van der Waals surface area contributed by atoms with Gasteiger partial charge in [0.1, 0.15) is 4.88 Å². The quantitative estimate of drug-likeness (QED) is 0.835.